The monoisotopic (exact) mass is 230 g/mol. The number of aromatic carboxylic acids is 1. The van der Waals surface area contributed by atoms with Gasteiger partial charge in [-0.1, -0.05) is 6.08 Å². The topological polar surface area (TPSA) is 37.3 Å². The lowest BCUT2D eigenvalue weighted by molar-refractivity contribution is -0.137. The lowest BCUT2D eigenvalue weighted by atomic mass is 10.0. The van der Waals surface area contributed by atoms with Gasteiger partial charge in [0.25, 0.3) is 0 Å². The molecule has 1 aromatic rings. The lowest BCUT2D eigenvalue weighted by Gasteiger charge is -2.09. The molecule has 0 radical (unpaired) electrons. The Morgan fingerprint density at radius 3 is 2.44 bits per heavy atom. The molecule has 16 heavy (non-hydrogen) atoms. The van der Waals surface area contributed by atoms with Crippen molar-refractivity contribution in [1.29, 1.82) is 0 Å². The van der Waals surface area contributed by atoms with Crippen LogP contribution in [0, 0.1) is 0 Å². The summed E-state index contributed by atoms with van der Waals surface area (Å²) < 4.78 is 37.3. The molecule has 0 saturated heterocycles. The molecule has 5 heteroatoms. The van der Waals surface area contributed by atoms with E-state index in [-0.39, 0.29) is 17.5 Å². The summed E-state index contributed by atoms with van der Waals surface area (Å²) >= 11 is 0. The molecule has 0 aromatic heterocycles. The van der Waals surface area contributed by atoms with Crippen LogP contribution in [-0.2, 0) is 12.6 Å². The Morgan fingerprint density at radius 1 is 1.38 bits per heavy atom. The van der Waals surface area contributed by atoms with Gasteiger partial charge in [0.2, 0.25) is 0 Å². The zero-order valence-electron chi connectivity index (χ0n) is 8.21. The first-order chi connectivity index (χ1) is 7.34. The van der Waals surface area contributed by atoms with Crippen LogP contribution in [-0.4, -0.2) is 11.1 Å². The summed E-state index contributed by atoms with van der Waals surface area (Å²) in [5.74, 6) is -1.38. The molecule has 2 nitrogen and oxygen atoms in total. The molecule has 0 saturated carbocycles. The van der Waals surface area contributed by atoms with E-state index in [1.165, 1.54) is 12.1 Å². The standard InChI is InChI=1S/C11H9F3O2/c1-2-3-7-4-8(10(15)16)6-9(5-7)11(12,13)14/h2,4-6H,1,3H2,(H,15,16). The van der Waals surface area contributed by atoms with E-state index >= 15 is 0 Å². The van der Waals surface area contributed by atoms with Crippen molar-refractivity contribution >= 4 is 5.97 Å². The number of allylic oxidation sites excluding steroid dienone is 1. The van der Waals surface area contributed by atoms with E-state index in [0.717, 1.165) is 6.07 Å². The highest BCUT2D eigenvalue weighted by Crippen LogP contribution is 2.30. The Hall–Kier alpha value is -1.78. The highest BCUT2D eigenvalue weighted by molar-refractivity contribution is 5.88. The quantitative estimate of drug-likeness (QED) is 0.810. The zero-order valence-corrected chi connectivity index (χ0v) is 8.21. The summed E-state index contributed by atoms with van der Waals surface area (Å²) in [7, 11) is 0. The third kappa shape index (κ3) is 2.85. The van der Waals surface area contributed by atoms with Gasteiger partial charge in [0, 0.05) is 0 Å². The zero-order chi connectivity index (χ0) is 12.3. The number of alkyl halides is 3. The maximum absolute atomic E-state index is 12.4. The van der Waals surface area contributed by atoms with Crippen LogP contribution in [0.25, 0.3) is 0 Å². The number of carboxylic acid groups (broad SMARTS) is 1. The Balaban J connectivity index is 3.29. The maximum Gasteiger partial charge on any atom is 0.416 e. The van der Waals surface area contributed by atoms with E-state index in [1.807, 2.05) is 0 Å². The molecule has 0 bridgehead atoms. The summed E-state index contributed by atoms with van der Waals surface area (Å²) in [5, 5.41) is 8.67. The number of hydrogen-bond acceptors (Lipinski definition) is 1. The van der Waals surface area contributed by atoms with Gasteiger partial charge in [0.1, 0.15) is 0 Å². The third-order valence-electron chi connectivity index (χ3n) is 1.95. The SMILES string of the molecule is C=CCc1cc(C(=O)O)cc(C(F)(F)F)c1. The van der Waals surface area contributed by atoms with Gasteiger partial charge in [-0.15, -0.1) is 6.58 Å². The molecule has 0 aliphatic carbocycles. The number of carboxylic acids is 1. The molecule has 1 rings (SSSR count). The number of benzene rings is 1. The summed E-state index contributed by atoms with van der Waals surface area (Å²) in [6.07, 6.45) is -2.92. The fraction of sp³-hybridized carbons (Fsp3) is 0.182. The highest BCUT2D eigenvalue weighted by Gasteiger charge is 2.31. The van der Waals surface area contributed by atoms with Crippen molar-refractivity contribution in [2.45, 2.75) is 12.6 Å². The minimum absolute atomic E-state index is 0.199. The smallest absolute Gasteiger partial charge is 0.416 e. The number of carbonyl (C=O) groups is 1. The molecule has 0 amide bonds. The minimum Gasteiger partial charge on any atom is -0.478 e. The third-order valence-corrected chi connectivity index (χ3v) is 1.95. The van der Waals surface area contributed by atoms with Gasteiger partial charge in [0.05, 0.1) is 11.1 Å². The molecular formula is C11H9F3O2. The van der Waals surface area contributed by atoms with Crippen LogP contribution in [0.15, 0.2) is 30.9 Å². The molecule has 1 aromatic carbocycles. The van der Waals surface area contributed by atoms with Crippen molar-refractivity contribution in [3.8, 4) is 0 Å². The fourth-order valence-electron chi connectivity index (χ4n) is 1.26. The Morgan fingerprint density at radius 2 is 2.00 bits per heavy atom. The lowest BCUT2D eigenvalue weighted by Crippen LogP contribution is -2.08. The van der Waals surface area contributed by atoms with Crippen LogP contribution < -0.4 is 0 Å². The van der Waals surface area contributed by atoms with Crippen molar-refractivity contribution in [3.05, 3.63) is 47.5 Å². The molecule has 0 aliphatic heterocycles. The molecular weight excluding hydrogens is 221 g/mol. The predicted octanol–water partition coefficient (Wildman–Crippen LogP) is 3.13. The van der Waals surface area contributed by atoms with Crippen molar-refractivity contribution in [1.82, 2.24) is 0 Å². The van der Waals surface area contributed by atoms with Crippen molar-refractivity contribution in [3.63, 3.8) is 0 Å². The molecule has 1 N–H and O–H groups in total. The summed E-state index contributed by atoms with van der Waals surface area (Å²) in [6, 6.07) is 2.75. The minimum atomic E-state index is -4.54. The summed E-state index contributed by atoms with van der Waals surface area (Å²) in [6.45, 7) is 3.39. The van der Waals surface area contributed by atoms with Gasteiger partial charge in [-0.25, -0.2) is 4.79 Å². The first-order valence-corrected chi connectivity index (χ1v) is 4.40. The van der Waals surface area contributed by atoms with E-state index in [4.69, 9.17) is 5.11 Å². The average Bonchev–Trinajstić information content (AvgIpc) is 2.16. The first-order valence-electron chi connectivity index (χ1n) is 4.40. The number of halogens is 3. The van der Waals surface area contributed by atoms with E-state index in [0.29, 0.717) is 6.07 Å². The Bertz CT molecular complexity index is 422. The van der Waals surface area contributed by atoms with Crippen LogP contribution in [0.3, 0.4) is 0 Å². The number of rotatable bonds is 3. The van der Waals surface area contributed by atoms with E-state index in [1.54, 1.807) is 0 Å². The van der Waals surface area contributed by atoms with E-state index < -0.39 is 17.7 Å². The second kappa shape index (κ2) is 4.38. The molecule has 0 heterocycles. The second-order valence-electron chi connectivity index (χ2n) is 3.21. The van der Waals surface area contributed by atoms with Crippen molar-refractivity contribution in [2.24, 2.45) is 0 Å². The maximum atomic E-state index is 12.4. The molecule has 0 unspecified atom stereocenters. The van der Waals surface area contributed by atoms with Crippen molar-refractivity contribution in [2.75, 3.05) is 0 Å². The van der Waals surface area contributed by atoms with Gasteiger partial charge in [-0.3, -0.25) is 0 Å². The van der Waals surface area contributed by atoms with E-state index in [2.05, 4.69) is 6.58 Å². The Kier molecular flexibility index (Phi) is 3.37. The Labute approximate surface area is 90.0 Å². The molecule has 0 aliphatic rings. The summed E-state index contributed by atoms with van der Waals surface area (Å²) in [5.41, 5.74) is -1.04. The predicted molar refractivity (Wildman–Crippen MR) is 52.3 cm³/mol. The van der Waals surface area contributed by atoms with Gasteiger partial charge in [-0.05, 0) is 30.2 Å². The largest absolute Gasteiger partial charge is 0.478 e. The first kappa shape index (κ1) is 12.3. The molecule has 0 fully saturated rings. The van der Waals surface area contributed by atoms with E-state index in [9.17, 15) is 18.0 Å². The normalized spacial score (nSPS) is 11.2. The summed E-state index contributed by atoms with van der Waals surface area (Å²) in [4.78, 5) is 10.6. The second-order valence-corrected chi connectivity index (χ2v) is 3.21. The molecule has 0 atom stereocenters. The van der Waals surface area contributed by atoms with Crippen LogP contribution in [0.5, 0.6) is 0 Å². The fourth-order valence-corrected chi connectivity index (χ4v) is 1.26. The van der Waals surface area contributed by atoms with Gasteiger partial charge in [-0.2, -0.15) is 13.2 Å². The van der Waals surface area contributed by atoms with Crippen LogP contribution >= 0.6 is 0 Å². The van der Waals surface area contributed by atoms with Gasteiger partial charge < -0.3 is 5.11 Å². The molecule has 86 valence electrons. The molecule has 0 spiro atoms. The number of hydrogen-bond donors (Lipinski definition) is 1. The van der Waals surface area contributed by atoms with Crippen LogP contribution in [0.2, 0.25) is 0 Å². The van der Waals surface area contributed by atoms with Crippen LogP contribution in [0.1, 0.15) is 21.5 Å². The van der Waals surface area contributed by atoms with Gasteiger partial charge >= 0.3 is 12.1 Å². The van der Waals surface area contributed by atoms with Crippen LogP contribution in [0.4, 0.5) is 13.2 Å². The van der Waals surface area contributed by atoms with Crippen molar-refractivity contribution < 1.29 is 23.1 Å². The van der Waals surface area contributed by atoms with Gasteiger partial charge in [0.15, 0.2) is 0 Å². The average molecular weight is 230 g/mol. The highest BCUT2D eigenvalue weighted by atomic mass is 19.4.